The maximum Gasteiger partial charge on any atom is 0.139 e. The fourth-order valence-corrected chi connectivity index (χ4v) is 1.34. The molecule has 3 nitrogen and oxygen atoms in total. The van der Waals surface area contributed by atoms with E-state index in [1.54, 1.807) is 6.20 Å². The van der Waals surface area contributed by atoms with Crippen LogP contribution in [0.2, 0.25) is 0 Å². The number of benzene rings is 1. The van der Waals surface area contributed by atoms with Crippen molar-refractivity contribution in [2.75, 3.05) is 6.61 Å². The van der Waals surface area contributed by atoms with Crippen molar-refractivity contribution >= 4 is 16.8 Å². The van der Waals surface area contributed by atoms with Crippen LogP contribution < -0.4 is 0 Å². The van der Waals surface area contributed by atoms with E-state index in [1.807, 2.05) is 31.2 Å². The molecule has 0 atom stereocenters. The Labute approximate surface area is 88.4 Å². The van der Waals surface area contributed by atoms with E-state index in [0.717, 1.165) is 11.0 Å². The van der Waals surface area contributed by atoms with Crippen molar-refractivity contribution in [1.29, 1.82) is 0 Å². The number of aromatic nitrogens is 2. The second-order valence-electron chi connectivity index (χ2n) is 3.10. The Bertz CT molecular complexity index is 494. The summed E-state index contributed by atoms with van der Waals surface area (Å²) in [7, 11) is 0. The summed E-state index contributed by atoms with van der Waals surface area (Å²) < 4.78 is 5.28. The van der Waals surface area contributed by atoms with Gasteiger partial charge >= 0.3 is 0 Å². The van der Waals surface area contributed by atoms with Crippen molar-refractivity contribution in [2.45, 2.75) is 6.92 Å². The first-order valence-electron chi connectivity index (χ1n) is 4.85. The summed E-state index contributed by atoms with van der Waals surface area (Å²) in [5.74, 6) is 0.566. The molecule has 0 aliphatic heterocycles. The summed E-state index contributed by atoms with van der Waals surface area (Å²) in [5.41, 5.74) is 2.43. The molecule has 0 saturated carbocycles. The highest BCUT2D eigenvalue weighted by molar-refractivity contribution is 5.75. The van der Waals surface area contributed by atoms with Gasteiger partial charge in [-0.25, -0.2) is 4.98 Å². The average molecular weight is 200 g/mol. The van der Waals surface area contributed by atoms with Crippen LogP contribution >= 0.6 is 0 Å². The van der Waals surface area contributed by atoms with E-state index in [0.29, 0.717) is 18.1 Å². The first kappa shape index (κ1) is 9.65. The summed E-state index contributed by atoms with van der Waals surface area (Å²) in [6.45, 7) is 6.30. The third-order valence-electron chi connectivity index (χ3n) is 2.05. The Balaban J connectivity index is 2.42. The van der Waals surface area contributed by atoms with Crippen LogP contribution in [-0.2, 0) is 4.74 Å². The van der Waals surface area contributed by atoms with E-state index < -0.39 is 0 Å². The molecule has 15 heavy (non-hydrogen) atoms. The van der Waals surface area contributed by atoms with Gasteiger partial charge in [0.05, 0.1) is 23.8 Å². The highest BCUT2D eigenvalue weighted by atomic mass is 16.5. The molecule has 0 unspecified atom stereocenters. The minimum atomic E-state index is 0.566. The zero-order chi connectivity index (χ0) is 10.7. The van der Waals surface area contributed by atoms with Gasteiger partial charge in [-0.2, -0.15) is 0 Å². The Kier molecular flexibility index (Phi) is 2.63. The molecule has 0 saturated heterocycles. The molecule has 1 heterocycles. The first-order chi connectivity index (χ1) is 7.31. The van der Waals surface area contributed by atoms with Crippen molar-refractivity contribution in [2.24, 2.45) is 0 Å². The lowest BCUT2D eigenvalue weighted by Crippen LogP contribution is -1.95. The molecular weight excluding hydrogens is 188 g/mol. The quantitative estimate of drug-likeness (QED) is 0.714. The first-order valence-corrected chi connectivity index (χ1v) is 4.85. The Morgan fingerprint density at radius 3 is 2.80 bits per heavy atom. The van der Waals surface area contributed by atoms with Crippen LogP contribution in [0.15, 0.2) is 37.0 Å². The van der Waals surface area contributed by atoms with Gasteiger partial charge in [-0.05, 0) is 19.1 Å². The summed E-state index contributed by atoms with van der Waals surface area (Å²) in [6, 6.07) is 7.72. The Hall–Kier alpha value is -1.90. The van der Waals surface area contributed by atoms with E-state index in [9.17, 15) is 0 Å². The normalized spacial score (nSPS) is 10.2. The smallest absolute Gasteiger partial charge is 0.139 e. The fourth-order valence-electron chi connectivity index (χ4n) is 1.34. The maximum atomic E-state index is 5.28. The molecule has 2 aromatic rings. The summed E-state index contributed by atoms with van der Waals surface area (Å²) in [6.07, 6.45) is 1.68. The monoisotopic (exact) mass is 200 g/mol. The van der Waals surface area contributed by atoms with Gasteiger partial charge in [-0.3, -0.25) is 4.98 Å². The largest absolute Gasteiger partial charge is 0.492 e. The highest BCUT2D eigenvalue weighted by Crippen LogP contribution is 2.14. The van der Waals surface area contributed by atoms with Gasteiger partial charge in [0.25, 0.3) is 0 Å². The number of fused-ring (bicyclic) bond motifs is 1. The molecule has 2 rings (SSSR count). The van der Waals surface area contributed by atoms with Gasteiger partial charge in [0.1, 0.15) is 11.5 Å². The molecular formula is C12H12N2O. The molecule has 3 heteroatoms. The van der Waals surface area contributed by atoms with Crippen LogP contribution in [0.4, 0.5) is 0 Å². The molecule has 0 radical (unpaired) electrons. The number of hydrogen-bond acceptors (Lipinski definition) is 3. The van der Waals surface area contributed by atoms with E-state index in [1.165, 1.54) is 0 Å². The number of ether oxygens (including phenoxy) is 1. The fraction of sp³-hybridized carbons (Fsp3) is 0.167. The molecule has 0 aliphatic rings. The molecule has 76 valence electrons. The van der Waals surface area contributed by atoms with E-state index in [2.05, 4.69) is 16.5 Å². The predicted molar refractivity (Wildman–Crippen MR) is 60.2 cm³/mol. The van der Waals surface area contributed by atoms with Crippen molar-refractivity contribution in [3.8, 4) is 0 Å². The van der Waals surface area contributed by atoms with Crippen LogP contribution in [0, 0.1) is 0 Å². The van der Waals surface area contributed by atoms with E-state index >= 15 is 0 Å². The summed E-state index contributed by atoms with van der Waals surface area (Å²) >= 11 is 0. The van der Waals surface area contributed by atoms with Crippen LogP contribution in [0.5, 0.6) is 0 Å². The zero-order valence-electron chi connectivity index (χ0n) is 8.60. The molecule has 1 aromatic heterocycles. The van der Waals surface area contributed by atoms with E-state index in [-0.39, 0.29) is 0 Å². The minimum absolute atomic E-state index is 0.566. The maximum absolute atomic E-state index is 5.28. The van der Waals surface area contributed by atoms with Crippen molar-refractivity contribution in [3.63, 3.8) is 0 Å². The van der Waals surface area contributed by atoms with Crippen LogP contribution in [-0.4, -0.2) is 16.6 Å². The zero-order valence-corrected chi connectivity index (χ0v) is 8.60. The standard InChI is InChI=1S/C12H12N2O/c1-3-15-9(2)12-8-13-10-6-4-5-7-11(10)14-12/h4-8H,2-3H2,1H3. The number of nitrogens with zero attached hydrogens (tertiary/aromatic N) is 2. The molecule has 0 N–H and O–H groups in total. The number of rotatable bonds is 3. The molecule has 0 aliphatic carbocycles. The Morgan fingerprint density at radius 2 is 2.07 bits per heavy atom. The molecule has 0 spiro atoms. The van der Waals surface area contributed by atoms with Crippen molar-refractivity contribution < 1.29 is 4.74 Å². The van der Waals surface area contributed by atoms with Gasteiger partial charge in [0.2, 0.25) is 0 Å². The topological polar surface area (TPSA) is 35.0 Å². The number of para-hydroxylation sites is 2. The molecule has 1 aromatic carbocycles. The van der Waals surface area contributed by atoms with Crippen LogP contribution in [0.1, 0.15) is 12.6 Å². The third-order valence-corrected chi connectivity index (χ3v) is 2.05. The Morgan fingerprint density at radius 1 is 1.33 bits per heavy atom. The minimum Gasteiger partial charge on any atom is -0.492 e. The van der Waals surface area contributed by atoms with Crippen molar-refractivity contribution in [1.82, 2.24) is 9.97 Å². The molecule has 0 amide bonds. The van der Waals surface area contributed by atoms with Crippen LogP contribution in [0.25, 0.3) is 16.8 Å². The molecule has 0 fully saturated rings. The summed E-state index contributed by atoms with van der Waals surface area (Å²) in [4.78, 5) is 8.69. The molecule has 0 bridgehead atoms. The lowest BCUT2D eigenvalue weighted by molar-refractivity contribution is 0.298. The SMILES string of the molecule is C=C(OCC)c1cnc2ccccc2n1. The van der Waals surface area contributed by atoms with Gasteiger partial charge in [0, 0.05) is 0 Å². The highest BCUT2D eigenvalue weighted by Gasteiger charge is 2.03. The predicted octanol–water partition coefficient (Wildman–Crippen LogP) is 2.64. The average Bonchev–Trinajstić information content (AvgIpc) is 2.29. The summed E-state index contributed by atoms with van der Waals surface area (Å²) in [5, 5.41) is 0. The lowest BCUT2D eigenvalue weighted by Gasteiger charge is -2.06. The van der Waals surface area contributed by atoms with Crippen molar-refractivity contribution in [3.05, 3.63) is 42.7 Å². The third kappa shape index (κ3) is 1.96. The van der Waals surface area contributed by atoms with Gasteiger partial charge in [-0.1, -0.05) is 18.7 Å². The van der Waals surface area contributed by atoms with Gasteiger partial charge < -0.3 is 4.74 Å². The lowest BCUT2D eigenvalue weighted by atomic mass is 10.3. The van der Waals surface area contributed by atoms with E-state index in [4.69, 9.17) is 4.74 Å². The number of hydrogen-bond donors (Lipinski definition) is 0. The second-order valence-corrected chi connectivity index (χ2v) is 3.10. The van der Waals surface area contributed by atoms with Gasteiger partial charge in [0.15, 0.2) is 0 Å². The second kappa shape index (κ2) is 4.09. The van der Waals surface area contributed by atoms with Crippen LogP contribution in [0.3, 0.4) is 0 Å². The van der Waals surface area contributed by atoms with Gasteiger partial charge in [-0.15, -0.1) is 0 Å².